The first-order valence-electron chi connectivity index (χ1n) is 10.2. The van der Waals surface area contributed by atoms with Crippen LogP contribution in [0.4, 0.5) is 4.79 Å². The van der Waals surface area contributed by atoms with Gasteiger partial charge in [0.05, 0.1) is 19.4 Å². The van der Waals surface area contributed by atoms with Crippen LogP contribution in [0, 0.1) is 0 Å². The molecule has 0 spiro atoms. The van der Waals surface area contributed by atoms with Crippen molar-refractivity contribution in [3.63, 3.8) is 0 Å². The molecule has 30 heavy (non-hydrogen) atoms. The van der Waals surface area contributed by atoms with Crippen LogP contribution in [-0.2, 0) is 10.3 Å². The summed E-state index contributed by atoms with van der Waals surface area (Å²) in [6.45, 7) is 6.88. The molecule has 1 aliphatic rings. The predicted octanol–water partition coefficient (Wildman–Crippen LogP) is 4.07. The van der Waals surface area contributed by atoms with E-state index in [1.807, 2.05) is 38.1 Å². The second kappa shape index (κ2) is 9.43. The number of ether oxygens (including phenoxy) is 2. The largest absolute Gasteiger partial charge is 0.493 e. The maximum Gasteiger partial charge on any atom is 0.346 e. The molecule has 1 heterocycles. The minimum Gasteiger partial charge on any atom is -0.493 e. The maximum absolute atomic E-state index is 13.0. The third-order valence-corrected chi connectivity index (χ3v) is 4.75. The van der Waals surface area contributed by atoms with Gasteiger partial charge in [-0.05, 0) is 37.5 Å². The summed E-state index contributed by atoms with van der Waals surface area (Å²) >= 11 is 0. The van der Waals surface area contributed by atoms with Crippen molar-refractivity contribution in [2.75, 3.05) is 13.2 Å². The molecule has 0 aromatic heterocycles. The molecule has 1 N–H and O–H groups in total. The van der Waals surface area contributed by atoms with Gasteiger partial charge in [0.2, 0.25) is 0 Å². The lowest BCUT2D eigenvalue weighted by molar-refractivity contribution is -0.131. The van der Waals surface area contributed by atoms with Crippen LogP contribution in [-0.4, -0.2) is 36.4 Å². The second-order valence-electron chi connectivity index (χ2n) is 7.18. The molecule has 1 fully saturated rings. The number of amides is 3. The Balaban J connectivity index is 1.84. The number of imide groups is 1. The normalized spacial score (nSPS) is 18.7. The van der Waals surface area contributed by atoms with Gasteiger partial charge in [0.25, 0.3) is 5.91 Å². The van der Waals surface area contributed by atoms with Crippen LogP contribution in [0.15, 0.2) is 53.6 Å². The number of nitrogens with one attached hydrogen (secondary N) is 1. The summed E-state index contributed by atoms with van der Waals surface area (Å²) in [5.74, 6) is 0.854. The number of benzene rings is 2. The van der Waals surface area contributed by atoms with E-state index in [9.17, 15) is 9.59 Å². The van der Waals surface area contributed by atoms with Crippen LogP contribution < -0.4 is 14.8 Å². The first-order chi connectivity index (χ1) is 14.5. The van der Waals surface area contributed by atoms with Gasteiger partial charge in [-0.2, -0.15) is 5.10 Å². The van der Waals surface area contributed by atoms with Gasteiger partial charge >= 0.3 is 6.03 Å². The standard InChI is InChI=1S/C23H27N3O4/c1-4-13-29-19-12-11-17(20(15-19)30-14-5-2)16-24-26-21(27)23(3,25-22(26)28)18-9-7-6-8-10-18/h6-12,15-16H,4-5,13-14H2,1-3H3,(H,25,28)/b24-16-/t23-/m0/s1. The summed E-state index contributed by atoms with van der Waals surface area (Å²) in [5, 5.41) is 7.76. The van der Waals surface area contributed by atoms with Gasteiger partial charge in [-0.25, -0.2) is 4.79 Å². The van der Waals surface area contributed by atoms with Gasteiger partial charge in [0, 0.05) is 11.6 Å². The van der Waals surface area contributed by atoms with Crippen LogP contribution in [0.5, 0.6) is 11.5 Å². The van der Waals surface area contributed by atoms with E-state index in [0.29, 0.717) is 35.8 Å². The molecule has 0 bridgehead atoms. The fourth-order valence-corrected chi connectivity index (χ4v) is 3.08. The average molecular weight is 409 g/mol. The van der Waals surface area contributed by atoms with E-state index in [1.165, 1.54) is 6.21 Å². The lowest BCUT2D eigenvalue weighted by Gasteiger charge is -2.21. The van der Waals surface area contributed by atoms with E-state index >= 15 is 0 Å². The highest BCUT2D eigenvalue weighted by molar-refractivity contribution is 6.07. The van der Waals surface area contributed by atoms with E-state index in [2.05, 4.69) is 10.4 Å². The minimum absolute atomic E-state index is 0.436. The van der Waals surface area contributed by atoms with Gasteiger partial charge < -0.3 is 14.8 Å². The monoisotopic (exact) mass is 409 g/mol. The Bertz CT molecular complexity index is 929. The van der Waals surface area contributed by atoms with E-state index in [-0.39, 0.29) is 0 Å². The van der Waals surface area contributed by atoms with Crippen LogP contribution >= 0.6 is 0 Å². The van der Waals surface area contributed by atoms with Crippen LogP contribution in [0.2, 0.25) is 0 Å². The Morgan fingerprint density at radius 1 is 1.03 bits per heavy atom. The molecule has 1 saturated heterocycles. The van der Waals surface area contributed by atoms with Gasteiger partial charge in [-0.3, -0.25) is 4.79 Å². The van der Waals surface area contributed by atoms with Crippen molar-refractivity contribution in [3.8, 4) is 11.5 Å². The number of hydrogen-bond donors (Lipinski definition) is 1. The number of carbonyl (C=O) groups is 2. The van der Waals surface area contributed by atoms with Gasteiger partial charge in [-0.15, -0.1) is 5.01 Å². The SMILES string of the molecule is CCCOc1ccc(/C=N\N2C(=O)N[C@@](C)(c3ccccc3)C2=O)c(OCCC)c1. The number of rotatable bonds is 9. The molecule has 158 valence electrons. The van der Waals surface area contributed by atoms with Gasteiger partial charge in [0.1, 0.15) is 17.0 Å². The summed E-state index contributed by atoms with van der Waals surface area (Å²) in [7, 11) is 0. The maximum atomic E-state index is 13.0. The van der Waals surface area contributed by atoms with Crippen molar-refractivity contribution in [2.24, 2.45) is 5.10 Å². The van der Waals surface area contributed by atoms with E-state index < -0.39 is 17.5 Å². The number of urea groups is 1. The lowest BCUT2D eigenvalue weighted by Crippen LogP contribution is -2.40. The van der Waals surface area contributed by atoms with E-state index in [1.54, 1.807) is 31.2 Å². The molecule has 7 nitrogen and oxygen atoms in total. The highest BCUT2D eigenvalue weighted by Gasteiger charge is 2.49. The number of hydrogen-bond acceptors (Lipinski definition) is 5. The quantitative estimate of drug-likeness (QED) is 0.500. The molecule has 0 saturated carbocycles. The van der Waals surface area contributed by atoms with Gasteiger partial charge in [0.15, 0.2) is 0 Å². The smallest absolute Gasteiger partial charge is 0.346 e. The molecule has 3 rings (SSSR count). The molecule has 0 aliphatic carbocycles. The fourth-order valence-electron chi connectivity index (χ4n) is 3.08. The highest BCUT2D eigenvalue weighted by Crippen LogP contribution is 2.29. The van der Waals surface area contributed by atoms with Crippen molar-refractivity contribution in [2.45, 2.75) is 39.2 Å². The summed E-state index contributed by atoms with van der Waals surface area (Å²) in [6.07, 6.45) is 3.21. The van der Waals surface area contributed by atoms with Crippen molar-refractivity contribution in [3.05, 3.63) is 59.7 Å². The molecular weight excluding hydrogens is 382 g/mol. The van der Waals surface area contributed by atoms with E-state index in [0.717, 1.165) is 17.9 Å². The Morgan fingerprint density at radius 2 is 1.73 bits per heavy atom. The molecular formula is C23H27N3O4. The molecule has 0 radical (unpaired) electrons. The topological polar surface area (TPSA) is 80.2 Å². The highest BCUT2D eigenvalue weighted by atomic mass is 16.5. The zero-order valence-corrected chi connectivity index (χ0v) is 17.6. The molecule has 7 heteroatoms. The minimum atomic E-state index is -1.16. The summed E-state index contributed by atoms with van der Waals surface area (Å²) < 4.78 is 11.5. The summed E-state index contributed by atoms with van der Waals surface area (Å²) in [6, 6.07) is 14.0. The molecule has 3 amide bonds. The Kier molecular flexibility index (Phi) is 6.72. The Morgan fingerprint density at radius 3 is 2.43 bits per heavy atom. The lowest BCUT2D eigenvalue weighted by atomic mass is 9.92. The van der Waals surface area contributed by atoms with Crippen LogP contribution in [0.1, 0.15) is 44.7 Å². The number of nitrogens with zero attached hydrogens (tertiary/aromatic N) is 2. The predicted molar refractivity (Wildman–Crippen MR) is 115 cm³/mol. The summed E-state index contributed by atoms with van der Waals surface area (Å²) in [4.78, 5) is 25.4. The third kappa shape index (κ3) is 4.45. The molecule has 0 unspecified atom stereocenters. The number of hydrazone groups is 1. The first-order valence-corrected chi connectivity index (χ1v) is 10.2. The zero-order valence-electron chi connectivity index (χ0n) is 17.6. The van der Waals surface area contributed by atoms with Crippen molar-refractivity contribution >= 4 is 18.2 Å². The van der Waals surface area contributed by atoms with Crippen molar-refractivity contribution in [1.82, 2.24) is 10.3 Å². The van der Waals surface area contributed by atoms with Crippen LogP contribution in [0.3, 0.4) is 0 Å². The summed E-state index contributed by atoms with van der Waals surface area (Å²) in [5.41, 5.74) is 0.196. The molecule has 1 aliphatic heterocycles. The first kappa shape index (κ1) is 21.4. The fraction of sp³-hybridized carbons (Fsp3) is 0.348. The molecule has 2 aromatic rings. The van der Waals surface area contributed by atoms with E-state index in [4.69, 9.17) is 9.47 Å². The Labute approximate surface area is 176 Å². The molecule has 2 aromatic carbocycles. The van der Waals surface area contributed by atoms with Gasteiger partial charge in [-0.1, -0.05) is 44.2 Å². The second-order valence-corrected chi connectivity index (χ2v) is 7.18. The van der Waals surface area contributed by atoms with Crippen LogP contribution in [0.25, 0.3) is 0 Å². The zero-order chi connectivity index (χ0) is 21.6. The molecule has 1 atom stereocenters. The average Bonchev–Trinajstić information content (AvgIpc) is 2.99. The Hall–Kier alpha value is -3.35. The third-order valence-electron chi connectivity index (χ3n) is 4.75. The van der Waals surface area contributed by atoms with Crippen molar-refractivity contribution in [1.29, 1.82) is 0 Å². The number of carbonyl (C=O) groups excluding carboxylic acids is 2. The van der Waals surface area contributed by atoms with Crippen molar-refractivity contribution < 1.29 is 19.1 Å².